The largest absolute Gasteiger partial charge is 0.446 e. The van der Waals surface area contributed by atoms with Crippen LogP contribution in [0, 0.1) is 15.9 Å². The van der Waals surface area contributed by atoms with Crippen LogP contribution in [0.15, 0.2) is 36.4 Å². The molecule has 0 aliphatic rings. The summed E-state index contributed by atoms with van der Waals surface area (Å²) in [6.07, 6.45) is 0. The Morgan fingerprint density at radius 3 is 2.64 bits per heavy atom. The van der Waals surface area contributed by atoms with Crippen LogP contribution < -0.4 is 11.5 Å². The third-order valence-corrected chi connectivity index (χ3v) is 2.98. The number of esters is 1. The second-order valence-corrected chi connectivity index (χ2v) is 4.29. The number of carbonyl (C=O) groups excluding carboxylic acids is 1. The summed E-state index contributed by atoms with van der Waals surface area (Å²) in [5.74, 6) is -1.65. The van der Waals surface area contributed by atoms with Gasteiger partial charge in [0, 0.05) is 6.07 Å². The summed E-state index contributed by atoms with van der Waals surface area (Å²) >= 11 is 0. The minimum Gasteiger partial charge on any atom is -0.446 e. The Morgan fingerprint density at radius 2 is 2.00 bits per heavy atom. The van der Waals surface area contributed by atoms with Crippen LogP contribution in [0.2, 0.25) is 0 Å². The van der Waals surface area contributed by atoms with Crippen LogP contribution in [0.4, 0.5) is 15.8 Å². The van der Waals surface area contributed by atoms with Gasteiger partial charge >= 0.3 is 5.97 Å². The molecule has 0 aliphatic heterocycles. The van der Waals surface area contributed by atoms with Gasteiger partial charge in [-0.1, -0.05) is 18.2 Å². The molecule has 0 amide bonds. The molecule has 0 aromatic heterocycles. The van der Waals surface area contributed by atoms with Gasteiger partial charge in [0.2, 0.25) is 0 Å². The topological polar surface area (TPSA) is 121 Å². The lowest BCUT2D eigenvalue weighted by atomic mass is 9.98. The third-order valence-electron chi connectivity index (χ3n) is 2.98. The summed E-state index contributed by atoms with van der Waals surface area (Å²) in [6.45, 7) is -0.316. The maximum atomic E-state index is 13.8. The summed E-state index contributed by atoms with van der Waals surface area (Å²) in [5, 5.41) is 10.9. The minimum atomic E-state index is -0.939. The van der Waals surface area contributed by atoms with Crippen LogP contribution in [0.25, 0.3) is 11.1 Å². The molecule has 2 aromatic carbocycles. The molecule has 0 radical (unpaired) electrons. The average molecular weight is 305 g/mol. The first-order valence-electron chi connectivity index (χ1n) is 6.15. The number of hydrogen-bond acceptors (Lipinski definition) is 6. The second kappa shape index (κ2) is 6.19. The molecule has 4 N–H and O–H groups in total. The van der Waals surface area contributed by atoms with Gasteiger partial charge in [0.15, 0.2) is 5.82 Å². The molecule has 2 aromatic rings. The van der Waals surface area contributed by atoms with Crippen molar-refractivity contribution in [1.29, 1.82) is 0 Å². The highest BCUT2D eigenvalue weighted by atomic mass is 19.1. The number of carbonyl (C=O) groups is 1. The van der Waals surface area contributed by atoms with Gasteiger partial charge in [-0.05, 0) is 23.3 Å². The van der Waals surface area contributed by atoms with Gasteiger partial charge in [0.1, 0.15) is 12.4 Å². The van der Waals surface area contributed by atoms with Crippen LogP contribution in [0.1, 0.15) is 10.4 Å². The number of nitrogen functional groups attached to an aromatic ring is 1. The predicted octanol–water partition coefficient (Wildman–Crippen LogP) is 2.06. The molecule has 22 heavy (non-hydrogen) atoms. The number of benzene rings is 2. The zero-order chi connectivity index (χ0) is 16.3. The fourth-order valence-electron chi connectivity index (χ4n) is 1.98. The van der Waals surface area contributed by atoms with E-state index < -0.39 is 28.1 Å². The fraction of sp³-hybridized carbons (Fsp3) is 0.0714. The van der Waals surface area contributed by atoms with Crippen LogP contribution >= 0.6 is 0 Å². The van der Waals surface area contributed by atoms with Gasteiger partial charge < -0.3 is 10.5 Å². The highest BCUT2D eigenvalue weighted by Gasteiger charge is 2.21. The highest BCUT2D eigenvalue weighted by molar-refractivity contribution is 5.97. The summed E-state index contributed by atoms with van der Waals surface area (Å²) < 4.78 is 18.5. The molecule has 0 atom stereocenters. The van der Waals surface area contributed by atoms with E-state index in [1.165, 1.54) is 12.1 Å². The Bertz CT molecular complexity index is 749. The van der Waals surface area contributed by atoms with Gasteiger partial charge in [-0.3, -0.25) is 15.8 Å². The lowest BCUT2D eigenvalue weighted by Gasteiger charge is -2.10. The number of nitro benzene ring substituents is 1. The fourth-order valence-corrected chi connectivity index (χ4v) is 1.98. The van der Waals surface area contributed by atoms with E-state index in [0.717, 1.165) is 12.1 Å². The number of nitrogens with zero attached hydrogens (tertiary/aromatic N) is 1. The van der Waals surface area contributed by atoms with E-state index in [1.54, 1.807) is 12.1 Å². The van der Waals surface area contributed by atoms with Crippen molar-refractivity contribution in [3.63, 3.8) is 0 Å². The summed E-state index contributed by atoms with van der Waals surface area (Å²) in [4.78, 5) is 22.0. The quantitative estimate of drug-likeness (QED) is 0.293. The lowest BCUT2D eigenvalue weighted by molar-refractivity contribution is -0.384. The molecule has 8 heteroatoms. The normalized spacial score (nSPS) is 10.3. The van der Waals surface area contributed by atoms with Crippen molar-refractivity contribution < 1.29 is 18.8 Å². The van der Waals surface area contributed by atoms with Crippen molar-refractivity contribution in [2.75, 3.05) is 12.5 Å². The number of nitro groups is 1. The van der Waals surface area contributed by atoms with E-state index in [2.05, 4.69) is 0 Å². The molecule has 7 nitrogen and oxygen atoms in total. The van der Waals surface area contributed by atoms with Crippen LogP contribution in [-0.2, 0) is 4.74 Å². The molecule has 0 saturated heterocycles. The molecule has 2 rings (SSSR count). The van der Waals surface area contributed by atoms with Crippen molar-refractivity contribution in [2.45, 2.75) is 0 Å². The number of ether oxygens (including phenoxy) is 1. The van der Waals surface area contributed by atoms with Crippen molar-refractivity contribution in [2.24, 2.45) is 5.73 Å². The van der Waals surface area contributed by atoms with Gasteiger partial charge in [0.05, 0.1) is 10.5 Å². The standard InChI is InChI=1S/C14H12FN3O4/c15-11-5-8(6-12(13(11)17)18(20)21)9-3-1-2-4-10(9)14(19)22-7-16/h1-6H,7,16-17H2. The molecular weight excluding hydrogens is 293 g/mol. The summed E-state index contributed by atoms with van der Waals surface area (Å²) in [5.41, 5.74) is 9.91. The van der Waals surface area contributed by atoms with Gasteiger partial charge in [-0.25, -0.2) is 9.18 Å². The van der Waals surface area contributed by atoms with Crippen LogP contribution in [0.5, 0.6) is 0 Å². The number of anilines is 1. The summed E-state index contributed by atoms with van der Waals surface area (Å²) in [7, 11) is 0. The maximum Gasteiger partial charge on any atom is 0.340 e. The Labute approximate surface area is 124 Å². The van der Waals surface area contributed by atoms with Crippen LogP contribution in [-0.4, -0.2) is 17.6 Å². The molecule has 0 fully saturated rings. The van der Waals surface area contributed by atoms with Crippen molar-refractivity contribution >= 4 is 17.3 Å². The molecule has 0 saturated carbocycles. The number of hydrogen-bond donors (Lipinski definition) is 2. The second-order valence-electron chi connectivity index (χ2n) is 4.29. The SMILES string of the molecule is NCOC(=O)c1ccccc1-c1cc(F)c(N)c([N+](=O)[O-])c1. The molecule has 0 spiro atoms. The first-order chi connectivity index (χ1) is 10.5. The number of halogens is 1. The maximum absolute atomic E-state index is 13.8. The Morgan fingerprint density at radius 1 is 1.32 bits per heavy atom. The van der Waals surface area contributed by atoms with Crippen molar-refractivity contribution in [3.05, 3.63) is 57.9 Å². The number of nitrogens with two attached hydrogens (primary N) is 2. The van der Waals surface area contributed by atoms with Crippen molar-refractivity contribution in [3.8, 4) is 11.1 Å². The first-order valence-corrected chi connectivity index (χ1v) is 6.15. The predicted molar refractivity (Wildman–Crippen MR) is 77.4 cm³/mol. The van der Waals surface area contributed by atoms with Gasteiger partial charge in [-0.2, -0.15) is 0 Å². The number of rotatable bonds is 4. The molecule has 0 heterocycles. The molecule has 0 aliphatic carbocycles. The molecule has 0 unspecified atom stereocenters. The Hall–Kier alpha value is -3.00. The lowest BCUT2D eigenvalue weighted by Crippen LogP contribution is -2.13. The smallest absolute Gasteiger partial charge is 0.340 e. The molecule has 114 valence electrons. The van der Waals surface area contributed by atoms with Crippen LogP contribution in [0.3, 0.4) is 0 Å². The molecular formula is C14H12FN3O4. The zero-order valence-electron chi connectivity index (χ0n) is 11.3. The average Bonchev–Trinajstić information content (AvgIpc) is 2.49. The summed E-state index contributed by atoms with van der Waals surface area (Å²) in [6, 6.07) is 8.28. The van der Waals surface area contributed by atoms with E-state index in [4.69, 9.17) is 16.2 Å². The minimum absolute atomic E-state index is 0.117. The van der Waals surface area contributed by atoms with E-state index in [0.29, 0.717) is 0 Å². The van der Waals surface area contributed by atoms with E-state index in [9.17, 15) is 19.3 Å². The van der Waals surface area contributed by atoms with Gasteiger partial charge in [-0.15, -0.1) is 0 Å². The van der Waals surface area contributed by atoms with E-state index >= 15 is 0 Å². The highest BCUT2D eigenvalue weighted by Crippen LogP contribution is 2.33. The Balaban J connectivity index is 2.63. The van der Waals surface area contributed by atoms with E-state index in [1.807, 2.05) is 0 Å². The Kier molecular flexibility index (Phi) is 4.33. The third kappa shape index (κ3) is 2.86. The molecule has 0 bridgehead atoms. The van der Waals surface area contributed by atoms with E-state index in [-0.39, 0.29) is 23.4 Å². The van der Waals surface area contributed by atoms with Gasteiger partial charge in [0.25, 0.3) is 5.69 Å². The first kappa shape index (κ1) is 15.4. The van der Waals surface area contributed by atoms with Crippen molar-refractivity contribution in [1.82, 2.24) is 0 Å². The monoisotopic (exact) mass is 305 g/mol. The zero-order valence-corrected chi connectivity index (χ0v) is 11.3.